The first-order chi connectivity index (χ1) is 29.6. The number of nitrogens with two attached hydrogens (primary N) is 2. The number of carboxylic acid groups (broad SMARTS) is 2. The summed E-state index contributed by atoms with van der Waals surface area (Å²) >= 11 is 6.17. The summed E-state index contributed by atoms with van der Waals surface area (Å²) in [5.74, 6) is 0.0361. The van der Waals surface area contributed by atoms with E-state index in [0.717, 1.165) is 29.7 Å². The first-order valence-electron chi connectivity index (χ1n) is 17.9. The van der Waals surface area contributed by atoms with E-state index in [4.69, 9.17) is 46.0 Å². The van der Waals surface area contributed by atoms with Crippen LogP contribution in [0.1, 0.15) is 38.4 Å². The van der Waals surface area contributed by atoms with Gasteiger partial charge in [0.25, 0.3) is 17.8 Å². The zero-order valence-corrected chi connectivity index (χ0v) is 36.5. The monoisotopic (exact) mass is 982 g/mol. The van der Waals surface area contributed by atoms with E-state index in [9.17, 15) is 14.4 Å². The normalized spacial score (nSPS) is 9.41. The number of carbonyl (C=O) groups is 4. The second-order valence-corrected chi connectivity index (χ2v) is 13.6. The number of primary amides is 2. The maximum Gasteiger partial charge on any atom is 0.488 e. The molecule has 0 spiro atoms. The Morgan fingerprint density at radius 3 is 1.24 bits per heavy atom. The van der Waals surface area contributed by atoms with Gasteiger partial charge in [-0.05, 0) is 134 Å². The molecule has 0 saturated carbocycles. The summed E-state index contributed by atoms with van der Waals surface area (Å²) < 4.78 is 12.4. The molecule has 0 radical (unpaired) electrons. The van der Waals surface area contributed by atoms with Gasteiger partial charge < -0.3 is 47.4 Å². The van der Waals surface area contributed by atoms with E-state index in [1.807, 2.05) is 91.0 Å². The molecule has 11 N–H and O–H groups in total. The van der Waals surface area contributed by atoms with Crippen molar-refractivity contribution in [3.63, 3.8) is 0 Å². The van der Waals surface area contributed by atoms with Crippen molar-refractivity contribution < 1.29 is 48.9 Å². The summed E-state index contributed by atoms with van der Waals surface area (Å²) in [7, 11) is -1.44. The van der Waals surface area contributed by atoms with Crippen molar-refractivity contribution in [1.82, 2.24) is 21.1 Å². The number of hydrogen-bond donors (Lipinski definition) is 7. The number of aromatic carboxylic acids is 1. The highest BCUT2D eigenvalue weighted by Crippen LogP contribution is 2.25. The van der Waals surface area contributed by atoms with Crippen molar-refractivity contribution in [3.05, 3.63) is 190 Å². The van der Waals surface area contributed by atoms with Gasteiger partial charge in [0, 0.05) is 12.5 Å². The van der Waals surface area contributed by atoms with E-state index in [-0.39, 0.29) is 23.2 Å². The number of para-hydroxylation sites is 2. The lowest BCUT2D eigenvalue weighted by Crippen LogP contribution is -2.29. The van der Waals surface area contributed by atoms with Crippen LogP contribution in [0.4, 0.5) is 0 Å². The van der Waals surface area contributed by atoms with Gasteiger partial charge in [-0.3, -0.25) is 14.4 Å². The molecule has 0 aliphatic heterocycles. The molecular formula is C44H41BBr2N6O10. The van der Waals surface area contributed by atoms with Crippen molar-refractivity contribution in [2.24, 2.45) is 11.5 Å². The van der Waals surface area contributed by atoms with Gasteiger partial charge in [-0.1, -0.05) is 66.7 Å². The fourth-order valence-electron chi connectivity index (χ4n) is 4.46. The van der Waals surface area contributed by atoms with E-state index < -0.39 is 30.9 Å². The van der Waals surface area contributed by atoms with Gasteiger partial charge in [0.15, 0.2) is 0 Å². The van der Waals surface area contributed by atoms with Gasteiger partial charge >= 0.3 is 13.1 Å². The Hall–Kier alpha value is -7.29. The number of ether oxygens (including phenoxy) is 2. The quantitative estimate of drug-likeness (QED) is 0.0543. The minimum atomic E-state index is -1.44. The number of aromatic nitrogens is 3. The summed E-state index contributed by atoms with van der Waals surface area (Å²) in [4.78, 5) is 52.7. The summed E-state index contributed by atoms with van der Waals surface area (Å²) in [5, 5.41) is 33.7. The van der Waals surface area contributed by atoms with Crippen LogP contribution in [-0.4, -0.2) is 66.1 Å². The number of rotatable bonds is 9. The van der Waals surface area contributed by atoms with Crippen molar-refractivity contribution in [3.8, 4) is 34.3 Å². The van der Waals surface area contributed by atoms with Gasteiger partial charge in [0.2, 0.25) is 0 Å². The minimum Gasteiger partial charge on any atom is -0.481 e. The van der Waals surface area contributed by atoms with Crippen LogP contribution in [0.15, 0.2) is 173 Å². The maximum atomic E-state index is 11.2. The highest BCUT2D eigenvalue weighted by atomic mass is 79.9. The molecule has 4 aromatic carbocycles. The molecular weight excluding hydrogens is 943 g/mol. The molecule has 0 fully saturated rings. The van der Waals surface area contributed by atoms with Gasteiger partial charge in [-0.15, -0.1) is 0 Å². The largest absolute Gasteiger partial charge is 0.488 e. The third-order valence-electron chi connectivity index (χ3n) is 7.19. The number of benzene rings is 4. The summed E-state index contributed by atoms with van der Waals surface area (Å²) in [6.07, 6.45) is 0. The van der Waals surface area contributed by atoms with Gasteiger partial charge in [0.1, 0.15) is 49.3 Å². The molecule has 3 aromatic heterocycles. The third-order valence-corrected chi connectivity index (χ3v) is 8.07. The molecule has 0 unspecified atom stereocenters. The predicted octanol–water partition coefficient (Wildman–Crippen LogP) is 7.54. The molecule has 16 nitrogen and oxygen atoms in total. The smallest absolute Gasteiger partial charge is 0.481 e. The van der Waals surface area contributed by atoms with Crippen molar-refractivity contribution >= 4 is 68.2 Å². The fraction of sp³-hybridized carbons (Fsp3) is 0.0227. The van der Waals surface area contributed by atoms with Crippen molar-refractivity contribution in [1.29, 1.82) is 0 Å². The van der Waals surface area contributed by atoms with Crippen LogP contribution in [0, 0.1) is 0 Å². The number of halogens is 2. The molecule has 63 heavy (non-hydrogen) atoms. The van der Waals surface area contributed by atoms with E-state index in [1.165, 1.54) is 6.07 Å². The van der Waals surface area contributed by atoms with Gasteiger partial charge in [-0.2, -0.15) is 0 Å². The Morgan fingerprint density at radius 1 is 0.508 bits per heavy atom. The average molecular weight is 984 g/mol. The first-order valence-corrected chi connectivity index (χ1v) is 19.5. The first kappa shape index (κ1) is 51.9. The predicted molar refractivity (Wildman–Crippen MR) is 245 cm³/mol. The molecule has 0 saturated heterocycles. The van der Waals surface area contributed by atoms with Crippen LogP contribution in [-0.2, 0) is 4.79 Å². The van der Waals surface area contributed by atoms with E-state index in [2.05, 4.69) is 46.8 Å². The SMILES string of the molecule is CC(=O)O.N.NC(=O)c1cccc(-c2ccc(Oc3ccccc3)cc2)n1.NC(=O)c1cccc(Br)n1.O=C(O)c1cccc(Br)n1.OB(O)c1ccc(Oc2ccccc2)cc1. The number of carbonyl (C=O) groups excluding carboxylic acids is 2. The highest BCUT2D eigenvalue weighted by Gasteiger charge is 2.10. The molecule has 7 aromatic rings. The molecule has 0 aliphatic rings. The molecule has 324 valence electrons. The number of nitrogens with zero attached hydrogens (tertiary/aromatic N) is 3. The average Bonchev–Trinajstić information content (AvgIpc) is 3.25. The molecule has 7 rings (SSSR count). The lowest BCUT2D eigenvalue weighted by Gasteiger charge is -2.07. The van der Waals surface area contributed by atoms with Gasteiger partial charge in [0.05, 0.1) is 5.69 Å². The van der Waals surface area contributed by atoms with E-state index >= 15 is 0 Å². The third kappa shape index (κ3) is 20.2. The van der Waals surface area contributed by atoms with Crippen LogP contribution < -0.4 is 32.6 Å². The second kappa shape index (κ2) is 27.5. The summed E-state index contributed by atoms with van der Waals surface area (Å²) in [6.45, 7) is 1.08. The van der Waals surface area contributed by atoms with Gasteiger partial charge in [-0.25, -0.2) is 19.7 Å². The number of aliphatic carboxylic acids is 1. The standard InChI is InChI=1S/C18H14N2O2.C12H11BO3.C6H5BrN2O.C6H4BrNO2.C2H4O2.H3N/c19-18(21)17-8-4-7-16(20-17)13-9-11-15(12-10-13)22-14-5-2-1-3-6-14;14-13(15)10-6-8-12(9-7-10)16-11-4-2-1-3-5-11;7-5-3-1-2-4(9-5)6(8)10;7-5-3-1-2-4(8-5)6(9)10;1-2(3)4;/h1-12H,(H2,19,21);1-9,14-15H;1-3H,(H2,8,10);1-3H,(H,9,10);1H3,(H,3,4);1H3. The minimum absolute atomic E-state index is 0. The zero-order chi connectivity index (χ0) is 45.4. The molecule has 3 heterocycles. The van der Waals surface area contributed by atoms with Crippen LogP contribution in [0.25, 0.3) is 11.3 Å². The molecule has 0 bridgehead atoms. The summed E-state index contributed by atoms with van der Waals surface area (Å²) in [6, 6.07) is 48.0. The Morgan fingerprint density at radius 2 is 0.873 bits per heavy atom. The lowest BCUT2D eigenvalue weighted by atomic mass is 9.80. The van der Waals surface area contributed by atoms with E-state index in [1.54, 1.807) is 66.7 Å². The van der Waals surface area contributed by atoms with Crippen LogP contribution >= 0.6 is 31.9 Å². The fourth-order valence-corrected chi connectivity index (χ4v) is 5.14. The Bertz CT molecular complexity index is 2450. The van der Waals surface area contributed by atoms with Crippen molar-refractivity contribution in [2.45, 2.75) is 6.92 Å². The molecule has 0 aliphatic carbocycles. The van der Waals surface area contributed by atoms with Crippen LogP contribution in [0.2, 0.25) is 0 Å². The van der Waals surface area contributed by atoms with Crippen LogP contribution in [0.5, 0.6) is 23.0 Å². The number of amides is 2. The molecule has 19 heteroatoms. The lowest BCUT2D eigenvalue weighted by molar-refractivity contribution is -0.134. The maximum absolute atomic E-state index is 11.2. The number of carboxylic acids is 2. The Labute approximate surface area is 379 Å². The van der Waals surface area contributed by atoms with E-state index in [0.29, 0.717) is 26.1 Å². The Balaban J connectivity index is 0.000000293. The second-order valence-electron chi connectivity index (χ2n) is 11.9. The molecule has 2 amide bonds. The Kier molecular flexibility index (Phi) is 22.7. The van der Waals surface area contributed by atoms with Crippen LogP contribution in [0.3, 0.4) is 0 Å². The number of hydrogen-bond acceptors (Lipinski definition) is 12. The highest BCUT2D eigenvalue weighted by molar-refractivity contribution is 9.10. The summed E-state index contributed by atoms with van der Waals surface area (Å²) in [5.41, 5.74) is 12.8. The number of pyridine rings is 3. The topological polar surface area (TPSA) is 293 Å². The van der Waals surface area contributed by atoms with Crippen molar-refractivity contribution in [2.75, 3.05) is 0 Å². The molecule has 0 atom stereocenters. The zero-order valence-electron chi connectivity index (χ0n) is 33.4.